The number of hydrogen-bond donors (Lipinski definition) is 1. The molecule has 0 fully saturated rings. The molecule has 13 heteroatoms. The van der Waals surface area contributed by atoms with Crippen LogP contribution in [0.2, 0.25) is 0 Å². The lowest BCUT2D eigenvalue weighted by molar-refractivity contribution is -0.159. The van der Waals surface area contributed by atoms with E-state index in [1.54, 1.807) is 0 Å². The van der Waals surface area contributed by atoms with Crippen LogP contribution < -0.4 is 4.72 Å². The number of nitrogens with zero attached hydrogens (tertiary/aromatic N) is 2. The van der Waals surface area contributed by atoms with E-state index in [2.05, 4.69) is 14.7 Å². The third-order valence-electron chi connectivity index (χ3n) is 2.77. The average molecular weight is 389 g/mol. The van der Waals surface area contributed by atoms with Gasteiger partial charge < -0.3 is 4.52 Å². The van der Waals surface area contributed by atoms with Gasteiger partial charge in [0.25, 0.3) is 0 Å². The number of aromatic nitrogens is 2. The Morgan fingerprint density at radius 3 is 2.12 bits per heavy atom. The molecular weight excluding hydrogens is 380 g/mol. The Kier molecular flexibility index (Phi) is 5.09. The van der Waals surface area contributed by atoms with Crippen molar-refractivity contribution < 1.29 is 39.3 Å². The zero-order valence-electron chi connectivity index (χ0n) is 12.0. The van der Waals surface area contributed by atoms with Gasteiger partial charge in [-0.25, -0.2) is 13.1 Å². The number of sulfonamides is 1. The fourth-order valence-corrected chi connectivity index (χ4v) is 2.68. The number of rotatable bonds is 5. The minimum Gasteiger partial charge on any atom is -0.329 e. The van der Waals surface area contributed by atoms with E-state index >= 15 is 0 Å². The van der Waals surface area contributed by atoms with E-state index < -0.39 is 47.1 Å². The molecule has 1 aromatic carbocycles. The van der Waals surface area contributed by atoms with Gasteiger partial charge in [0, 0.05) is 0 Å². The van der Waals surface area contributed by atoms with E-state index in [1.807, 2.05) is 4.72 Å². The van der Waals surface area contributed by atoms with Gasteiger partial charge in [0.15, 0.2) is 5.82 Å². The summed E-state index contributed by atoms with van der Waals surface area (Å²) >= 11 is 0. The van der Waals surface area contributed by atoms with Gasteiger partial charge in [-0.2, -0.15) is 31.3 Å². The Balaban J connectivity index is 2.05. The van der Waals surface area contributed by atoms with Gasteiger partial charge in [-0.3, -0.25) is 0 Å². The SMILES string of the molecule is O=S(=O)(NCc1noc(C(F)(F)F)n1)c1ccc(CC(F)(F)F)cc1. The first-order valence-electron chi connectivity index (χ1n) is 6.42. The van der Waals surface area contributed by atoms with Gasteiger partial charge in [-0.05, 0) is 17.7 Å². The molecule has 1 heterocycles. The van der Waals surface area contributed by atoms with Crippen molar-refractivity contribution in [1.82, 2.24) is 14.9 Å². The van der Waals surface area contributed by atoms with Gasteiger partial charge in [-0.15, -0.1) is 0 Å². The zero-order chi connectivity index (χ0) is 18.9. The molecule has 0 saturated carbocycles. The summed E-state index contributed by atoms with van der Waals surface area (Å²) in [6.07, 6.45) is -10.5. The van der Waals surface area contributed by atoms with Crippen molar-refractivity contribution in [3.05, 3.63) is 41.5 Å². The highest BCUT2D eigenvalue weighted by atomic mass is 32.2. The van der Waals surface area contributed by atoms with Crippen molar-refractivity contribution in [2.45, 2.75) is 30.2 Å². The molecule has 0 amide bonds. The Morgan fingerprint density at radius 2 is 1.64 bits per heavy atom. The zero-order valence-corrected chi connectivity index (χ0v) is 12.8. The number of nitrogens with one attached hydrogen (secondary N) is 1. The van der Waals surface area contributed by atoms with Gasteiger partial charge in [0.1, 0.15) is 0 Å². The highest BCUT2D eigenvalue weighted by Crippen LogP contribution is 2.27. The summed E-state index contributed by atoms with van der Waals surface area (Å²) < 4.78 is 103. The van der Waals surface area contributed by atoms with Crippen LogP contribution in [0.3, 0.4) is 0 Å². The van der Waals surface area contributed by atoms with Crippen LogP contribution in [0.25, 0.3) is 0 Å². The standard InChI is InChI=1S/C12H9F6N3O3S/c13-11(14,15)5-7-1-3-8(4-2-7)25(22,23)19-6-9-20-10(24-21-9)12(16,17)18/h1-4,19H,5-6H2. The minimum atomic E-state index is -4.86. The Morgan fingerprint density at radius 1 is 1.04 bits per heavy atom. The third kappa shape index (κ3) is 5.42. The lowest BCUT2D eigenvalue weighted by Crippen LogP contribution is -2.24. The van der Waals surface area contributed by atoms with Crippen LogP contribution >= 0.6 is 0 Å². The predicted molar refractivity (Wildman–Crippen MR) is 69.5 cm³/mol. The first-order valence-corrected chi connectivity index (χ1v) is 7.90. The minimum absolute atomic E-state index is 0.139. The maximum Gasteiger partial charge on any atom is 0.471 e. The molecule has 0 aliphatic carbocycles. The van der Waals surface area contributed by atoms with Gasteiger partial charge >= 0.3 is 18.2 Å². The van der Waals surface area contributed by atoms with Gasteiger partial charge in [0.05, 0.1) is 17.9 Å². The highest BCUT2D eigenvalue weighted by molar-refractivity contribution is 7.89. The summed E-state index contributed by atoms with van der Waals surface area (Å²) in [6.45, 7) is -0.688. The monoisotopic (exact) mass is 389 g/mol. The molecule has 0 spiro atoms. The van der Waals surface area contributed by atoms with Crippen LogP contribution in [-0.2, 0) is 29.2 Å². The average Bonchev–Trinajstić information content (AvgIpc) is 2.93. The molecule has 0 bridgehead atoms. The third-order valence-corrected chi connectivity index (χ3v) is 4.19. The largest absolute Gasteiger partial charge is 0.471 e. The van der Waals surface area contributed by atoms with Crippen LogP contribution in [0.5, 0.6) is 0 Å². The fourth-order valence-electron chi connectivity index (χ4n) is 1.70. The lowest BCUT2D eigenvalue weighted by Gasteiger charge is -2.08. The second-order valence-electron chi connectivity index (χ2n) is 4.77. The molecule has 0 radical (unpaired) electrons. The molecular formula is C12H9F6N3O3S. The van der Waals surface area contributed by atoms with Crippen LogP contribution in [-0.4, -0.2) is 24.7 Å². The lowest BCUT2D eigenvalue weighted by atomic mass is 10.1. The van der Waals surface area contributed by atoms with E-state index in [9.17, 15) is 34.8 Å². The van der Waals surface area contributed by atoms with Crippen LogP contribution in [0, 0.1) is 0 Å². The number of benzene rings is 1. The maximum atomic E-state index is 12.3. The van der Waals surface area contributed by atoms with E-state index in [4.69, 9.17) is 0 Å². The van der Waals surface area contributed by atoms with Crippen molar-refractivity contribution in [2.24, 2.45) is 0 Å². The Labute approximate surface area is 136 Å². The summed E-state index contributed by atoms with van der Waals surface area (Å²) in [5, 5.41) is 2.98. The maximum absolute atomic E-state index is 12.3. The van der Waals surface area contributed by atoms with Crippen molar-refractivity contribution in [3.8, 4) is 0 Å². The molecule has 0 atom stereocenters. The van der Waals surface area contributed by atoms with E-state index in [1.165, 1.54) is 0 Å². The smallest absolute Gasteiger partial charge is 0.329 e. The van der Waals surface area contributed by atoms with E-state index in [-0.39, 0.29) is 10.5 Å². The van der Waals surface area contributed by atoms with Gasteiger partial charge in [0.2, 0.25) is 10.0 Å². The second-order valence-corrected chi connectivity index (χ2v) is 6.54. The molecule has 0 aliphatic heterocycles. The van der Waals surface area contributed by atoms with Gasteiger partial charge in [-0.1, -0.05) is 17.3 Å². The molecule has 2 rings (SSSR count). The summed E-state index contributed by atoms with van der Waals surface area (Å²) in [4.78, 5) is 2.61. The quantitative estimate of drug-likeness (QED) is 0.795. The summed E-state index contributed by atoms with van der Waals surface area (Å²) in [7, 11) is -4.18. The van der Waals surface area contributed by atoms with Crippen molar-refractivity contribution in [3.63, 3.8) is 0 Å². The second kappa shape index (κ2) is 6.63. The molecule has 25 heavy (non-hydrogen) atoms. The van der Waals surface area contributed by atoms with Crippen LogP contribution in [0.15, 0.2) is 33.7 Å². The summed E-state index contributed by atoms with van der Waals surface area (Å²) in [5.41, 5.74) is -0.139. The molecule has 1 N–H and O–H groups in total. The summed E-state index contributed by atoms with van der Waals surface area (Å²) in [6, 6.07) is 3.86. The molecule has 6 nitrogen and oxygen atoms in total. The Hall–Kier alpha value is -2.15. The first kappa shape index (κ1) is 19.2. The molecule has 0 aliphatic rings. The van der Waals surface area contributed by atoms with E-state index in [0.717, 1.165) is 24.3 Å². The molecule has 2 aromatic rings. The number of alkyl halides is 6. The molecule has 1 aromatic heterocycles. The van der Waals surface area contributed by atoms with Crippen molar-refractivity contribution in [2.75, 3.05) is 0 Å². The predicted octanol–water partition coefficient (Wildman–Crippen LogP) is 2.67. The van der Waals surface area contributed by atoms with Crippen molar-refractivity contribution >= 4 is 10.0 Å². The first-order chi connectivity index (χ1) is 11.4. The highest BCUT2D eigenvalue weighted by Gasteiger charge is 2.38. The number of halogens is 6. The summed E-state index contributed by atoms with van der Waals surface area (Å²) in [5.74, 6) is -2.18. The fraction of sp³-hybridized carbons (Fsp3) is 0.333. The molecule has 138 valence electrons. The Bertz CT molecular complexity index is 827. The molecule has 0 saturated heterocycles. The molecule has 0 unspecified atom stereocenters. The topological polar surface area (TPSA) is 85.1 Å². The normalized spacial score (nSPS) is 13.2. The van der Waals surface area contributed by atoms with Crippen LogP contribution in [0.4, 0.5) is 26.3 Å². The van der Waals surface area contributed by atoms with Crippen LogP contribution in [0.1, 0.15) is 17.3 Å². The number of hydrogen-bond acceptors (Lipinski definition) is 5. The van der Waals surface area contributed by atoms with Crippen molar-refractivity contribution in [1.29, 1.82) is 0 Å². The van der Waals surface area contributed by atoms with E-state index in [0.29, 0.717) is 0 Å².